The molecule has 25 heavy (non-hydrogen) atoms. The van der Waals surface area contributed by atoms with Crippen molar-refractivity contribution in [2.45, 2.75) is 45.6 Å². The van der Waals surface area contributed by atoms with Crippen LogP contribution >= 0.6 is 0 Å². The molecule has 2 aliphatic heterocycles. The van der Waals surface area contributed by atoms with Crippen molar-refractivity contribution in [3.05, 3.63) is 29.6 Å². The molecule has 3 rings (SSSR count). The summed E-state index contributed by atoms with van der Waals surface area (Å²) in [5.41, 5.74) is 2.31. The van der Waals surface area contributed by atoms with Gasteiger partial charge in [0.05, 0.1) is 5.69 Å². The molecule has 0 saturated carbocycles. The maximum absolute atomic E-state index is 12.8. The summed E-state index contributed by atoms with van der Waals surface area (Å²) >= 11 is 0. The minimum Gasteiger partial charge on any atom is -0.296 e. The summed E-state index contributed by atoms with van der Waals surface area (Å²) in [6.07, 6.45) is 6.93. The van der Waals surface area contributed by atoms with Gasteiger partial charge in [-0.2, -0.15) is 17.0 Å². The lowest BCUT2D eigenvalue weighted by Crippen LogP contribution is -2.47. The van der Waals surface area contributed by atoms with Gasteiger partial charge in [-0.1, -0.05) is 19.4 Å². The second kappa shape index (κ2) is 8.58. The van der Waals surface area contributed by atoms with E-state index in [1.807, 2.05) is 6.20 Å². The average Bonchev–Trinajstić information content (AvgIpc) is 2.89. The third kappa shape index (κ3) is 4.78. The maximum Gasteiger partial charge on any atom is 0.282 e. The number of hydrogen-bond donors (Lipinski definition) is 0. The number of piperidine rings is 1. The number of aromatic nitrogens is 1. The molecule has 0 radical (unpaired) electrons. The van der Waals surface area contributed by atoms with E-state index in [0.717, 1.165) is 57.4 Å². The Morgan fingerprint density at radius 3 is 2.32 bits per heavy atom. The highest BCUT2D eigenvalue weighted by molar-refractivity contribution is 7.86. The van der Waals surface area contributed by atoms with Gasteiger partial charge in [-0.05, 0) is 43.9 Å². The molecule has 0 aliphatic carbocycles. The van der Waals surface area contributed by atoms with E-state index < -0.39 is 10.2 Å². The van der Waals surface area contributed by atoms with Crippen molar-refractivity contribution in [3.8, 4) is 0 Å². The molecule has 7 heteroatoms. The Morgan fingerprint density at radius 1 is 0.920 bits per heavy atom. The quantitative estimate of drug-likeness (QED) is 0.798. The third-order valence-corrected chi connectivity index (χ3v) is 7.23. The fraction of sp³-hybridized carbons (Fsp3) is 0.722. The van der Waals surface area contributed by atoms with Crippen molar-refractivity contribution in [3.63, 3.8) is 0 Å². The van der Waals surface area contributed by atoms with Crippen molar-refractivity contribution in [1.82, 2.24) is 18.5 Å². The summed E-state index contributed by atoms with van der Waals surface area (Å²) in [6, 6.07) is 4.22. The number of hydrogen-bond acceptors (Lipinski definition) is 4. The topological polar surface area (TPSA) is 56.8 Å². The average molecular weight is 367 g/mol. The van der Waals surface area contributed by atoms with E-state index in [1.165, 1.54) is 5.56 Å². The van der Waals surface area contributed by atoms with Gasteiger partial charge < -0.3 is 0 Å². The summed E-state index contributed by atoms with van der Waals surface area (Å²) in [5.74, 6) is 0. The Hall–Kier alpha value is -1.02. The van der Waals surface area contributed by atoms with Gasteiger partial charge in [-0.25, -0.2) is 0 Å². The van der Waals surface area contributed by atoms with E-state index in [1.54, 1.807) is 8.61 Å². The van der Waals surface area contributed by atoms with Gasteiger partial charge in [0.1, 0.15) is 0 Å². The Bertz CT molecular complexity index is 642. The smallest absolute Gasteiger partial charge is 0.282 e. The van der Waals surface area contributed by atoms with Crippen LogP contribution in [0.15, 0.2) is 18.3 Å². The van der Waals surface area contributed by atoms with E-state index >= 15 is 0 Å². The molecule has 1 aromatic rings. The lowest BCUT2D eigenvalue weighted by atomic mass is 10.2. The number of pyridine rings is 1. The second-order valence-corrected chi connectivity index (χ2v) is 8.94. The second-order valence-electron chi connectivity index (χ2n) is 7.01. The normalized spacial score (nSPS) is 22.0. The highest BCUT2D eigenvalue weighted by Gasteiger charge is 2.31. The molecular weight excluding hydrogens is 336 g/mol. The van der Waals surface area contributed by atoms with Crippen molar-refractivity contribution in [2.75, 3.05) is 39.3 Å². The van der Waals surface area contributed by atoms with E-state index in [2.05, 4.69) is 28.9 Å². The van der Waals surface area contributed by atoms with Gasteiger partial charge >= 0.3 is 0 Å². The summed E-state index contributed by atoms with van der Waals surface area (Å²) in [7, 11) is -3.29. The molecule has 2 aliphatic rings. The van der Waals surface area contributed by atoms with Crippen LogP contribution in [0.2, 0.25) is 0 Å². The zero-order valence-corrected chi connectivity index (χ0v) is 16.0. The van der Waals surface area contributed by atoms with Crippen LogP contribution in [0.25, 0.3) is 0 Å². The molecule has 1 aromatic heterocycles. The Labute approximate surface area is 152 Å². The van der Waals surface area contributed by atoms with Crippen molar-refractivity contribution >= 4 is 10.2 Å². The minimum atomic E-state index is -3.29. The molecule has 3 heterocycles. The first kappa shape index (κ1) is 18.8. The minimum absolute atomic E-state index is 0.575. The van der Waals surface area contributed by atoms with E-state index in [0.29, 0.717) is 26.2 Å². The Kier molecular flexibility index (Phi) is 6.44. The molecule has 0 amide bonds. The maximum atomic E-state index is 12.8. The molecule has 0 N–H and O–H groups in total. The van der Waals surface area contributed by atoms with Gasteiger partial charge in [-0.15, -0.1) is 0 Å². The molecule has 0 spiro atoms. The molecule has 0 atom stereocenters. The van der Waals surface area contributed by atoms with Gasteiger partial charge in [0.15, 0.2) is 0 Å². The molecule has 0 bridgehead atoms. The standard InChI is InChI=1S/C18H30N4O2S/c1-2-17-7-8-18(19-15-17)16-20-9-6-12-22(14-13-20)25(23,24)21-10-4-3-5-11-21/h7-8,15H,2-6,9-14,16H2,1H3. The largest absolute Gasteiger partial charge is 0.296 e. The number of nitrogens with zero attached hydrogens (tertiary/aromatic N) is 4. The monoisotopic (exact) mass is 366 g/mol. The first-order valence-electron chi connectivity index (χ1n) is 9.51. The first-order chi connectivity index (χ1) is 12.1. The SMILES string of the molecule is CCc1ccc(CN2CCCN(S(=O)(=O)N3CCCCC3)CC2)nc1. The van der Waals surface area contributed by atoms with Crippen molar-refractivity contribution in [1.29, 1.82) is 0 Å². The molecule has 2 fully saturated rings. The van der Waals surface area contributed by atoms with Crippen LogP contribution in [-0.4, -0.2) is 66.2 Å². The van der Waals surface area contributed by atoms with Gasteiger partial charge in [-0.3, -0.25) is 9.88 Å². The molecule has 6 nitrogen and oxygen atoms in total. The van der Waals surface area contributed by atoms with Crippen molar-refractivity contribution < 1.29 is 8.42 Å². The number of aryl methyl sites for hydroxylation is 1. The lowest BCUT2D eigenvalue weighted by Gasteiger charge is -2.31. The van der Waals surface area contributed by atoms with Gasteiger partial charge in [0.2, 0.25) is 0 Å². The van der Waals surface area contributed by atoms with Crippen LogP contribution in [0.5, 0.6) is 0 Å². The van der Waals surface area contributed by atoms with Crippen LogP contribution in [0, 0.1) is 0 Å². The van der Waals surface area contributed by atoms with Gasteiger partial charge in [0.25, 0.3) is 10.2 Å². The predicted molar refractivity (Wildman–Crippen MR) is 99.4 cm³/mol. The zero-order valence-electron chi connectivity index (χ0n) is 15.2. The molecule has 2 saturated heterocycles. The highest BCUT2D eigenvalue weighted by Crippen LogP contribution is 2.18. The fourth-order valence-electron chi connectivity index (χ4n) is 3.58. The summed E-state index contributed by atoms with van der Waals surface area (Å²) in [4.78, 5) is 6.85. The van der Waals surface area contributed by atoms with E-state index in [9.17, 15) is 8.42 Å². The number of rotatable bonds is 5. The van der Waals surface area contributed by atoms with E-state index in [-0.39, 0.29) is 0 Å². The van der Waals surface area contributed by atoms with Crippen LogP contribution in [-0.2, 0) is 23.2 Å². The van der Waals surface area contributed by atoms with Crippen LogP contribution in [0.3, 0.4) is 0 Å². The summed E-state index contributed by atoms with van der Waals surface area (Å²) in [6.45, 7) is 7.16. The van der Waals surface area contributed by atoms with Crippen LogP contribution < -0.4 is 0 Å². The van der Waals surface area contributed by atoms with Crippen molar-refractivity contribution in [2.24, 2.45) is 0 Å². The summed E-state index contributed by atoms with van der Waals surface area (Å²) < 4.78 is 29.1. The lowest BCUT2D eigenvalue weighted by molar-refractivity contribution is 0.269. The first-order valence-corrected chi connectivity index (χ1v) is 10.9. The van der Waals surface area contributed by atoms with Crippen LogP contribution in [0.4, 0.5) is 0 Å². The molecule has 0 aromatic carbocycles. The Morgan fingerprint density at radius 2 is 1.64 bits per heavy atom. The third-order valence-electron chi connectivity index (χ3n) is 5.19. The van der Waals surface area contributed by atoms with Gasteiger partial charge in [0, 0.05) is 45.5 Å². The highest BCUT2D eigenvalue weighted by atomic mass is 32.2. The Balaban J connectivity index is 1.57. The van der Waals surface area contributed by atoms with E-state index in [4.69, 9.17) is 0 Å². The zero-order chi connectivity index (χ0) is 17.7. The molecular formula is C18H30N4O2S. The molecule has 140 valence electrons. The summed E-state index contributed by atoms with van der Waals surface area (Å²) in [5, 5.41) is 0. The predicted octanol–water partition coefficient (Wildman–Crippen LogP) is 1.88. The van der Waals surface area contributed by atoms with Crippen LogP contribution in [0.1, 0.15) is 43.9 Å². The molecule has 0 unspecified atom stereocenters. The fourth-order valence-corrected chi connectivity index (χ4v) is 5.30.